The van der Waals surface area contributed by atoms with Crippen LogP contribution in [0, 0.1) is 13.8 Å². The lowest BCUT2D eigenvalue weighted by Crippen LogP contribution is -2.43. The summed E-state index contributed by atoms with van der Waals surface area (Å²) < 4.78 is 7.14. The van der Waals surface area contributed by atoms with Crippen molar-refractivity contribution in [3.63, 3.8) is 0 Å². The first-order valence-corrected chi connectivity index (χ1v) is 11.5. The summed E-state index contributed by atoms with van der Waals surface area (Å²) in [6.45, 7) is 3.50. The molecule has 0 aromatic heterocycles. The predicted molar refractivity (Wildman–Crippen MR) is 133 cm³/mol. The maximum Gasteiger partial charge on any atom is 0.276 e. The minimum atomic E-state index is -0.514. The van der Waals surface area contributed by atoms with Crippen LogP contribution in [0.4, 0.5) is 5.69 Å². The third-order valence-electron chi connectivity index (χ3n) is 4.54. The van der Waals surface area contributed by atoms with Crippen LogP contribution in [0.5, 0.6) is 5.75 Å². The largest absolute Gasteiger partial charge is 0.482 e. The number of halogens is 2. The smallest absolute Gasteiger partial charge is 0.276 e. The van der Waals surface area contributed by atoms with Crippen LogP contribution in [-0.2, 0) is 4.79 Å². The Morgan fingerprint density at radius 2 is 1.58 bits per heavy atom. The number of hydrazine groups is 1. The van der Waals surface area contributed by atoms with Gasteiger partial charge in [0.15, 0.2) is 6.61 Å². The van der Waals surface area contributed by atoms with Gasteiger partial charge in [0.1, 0.15) is 5.75 Å². The Balaban J connectivity index is 1.49. The molecule has 0 fully saturated rings. The van der Waals surface area contributed by atoms with Gasteiger partial charge in [-0.3, -0.25) is 25.2 Å². The van der Waals surface area contributed by atoms with Crippen molar-refractivity contribution < 1.29 is 19.1 Å². The van der Waals surface area contributed by atoms with E-state index in [4.69, 9.17) is 4.74 Å². The molecule has 0 atom stereocenters. The van der Waals surface area contributed by atoms with Crippen molar-refractivity contribution in [2.45, 2.75) is 13.8 Å². The highest BCUT2D eigenvalue weighted by molar-refractivity contribution is 9.11. The van der Waals surface area contributed by atoms with Crippen molar-refractivity contribution in [2.24, 2.45) is 0 Å². The molecule has 170 valence electrons. The summed E-state index contributed by atoms with van der Waals surface area (Å²) in [5.41, 5.74) is 7.91. The van der Waals surface area contributed by atoms with Crippen LogP contribution in [0.15, 0.2) is 69.6 Å². The van der Waals surface area contributed by atoms with E-state index in [-0.39, 0.29) is 12.5 Å². The number of carbonyl (C=O) groups excluding carboxylic acids is 3. The average molecular weight is 575 g/mol. The van der Waals surface area contributed by atoms with Gasteiger partial charge >= 0.3 is 0 Å². The molecular weight excluding hydrogens is 554 g/mol. The molecule has 0 radical (unpaired) electrons. The summed E-state index contributed by atoms with van der Waals surface area (Å²) in [5.74, 6) is -0.709. The van der Waals surface area contributed by atoms with Crippen molar-refractivity contribution >= 4 is 55.3 Å². The fourth-order valence-electron chi connectivity index (χ4n) is 2.94. The lowest BCUT2D eigenvalue weighted by atomic mass is 10.1. The zero-order valence-electron chi connectivity index (χ0n) is 17.9. The van der Waals surface area contributed by atoms with Gasteiger partial charge in [0, 0.05) is 21.3 Å². The maximum absolute atomic E-state index is 12.3. The molecular formula is C24H21Br2N3O4. The lowest BCUT2D eigenvalue weighted by Gasteiger charge is -2.12. The average Bonchev–Trinajstić information content (AvgIpc) is 2.77. The van der Waals surface area contributed by atoms with Crippen LogP contribution < -0.4 is 20.9 Å². The quantitative estimate of drug-likeness (QED) is 0.364. The summed E-state index contributed by atoms with van der Waals surface area (Å²) in [6, 6.07) is 17.3. The van der Waals surface area contributed by atoms with Crippen LogP contribution >= 0.6 is 31.9 Å². The number of benzene rings is 3. The fourth-order valence-corrected chi connectivity index (χ4v) is 4.49. The standard InChI is InChI=1S/C24H21Br2N3O4/c1-14-4-3-5-17(10-14)23(31)27-19-8-6-16(7-9-19)24(32)29-28-21(30)13-33-22-15(2)11-18(25)12-20(22)26/h3-12H,13H2,1-2H3,(H,27,31)(H,28,30)(H,29,32). The second-order valence-electron chi connectivity index (χ2n) is 7.23. The molecule has 0 saturated heterocycles. The van der Waals surface area contributed by atoms with Gasteiger partial charge < -0.3 is 10.1 Å². The molecule has 9 heteroatoms. The molecule has 0 heterocycles. The number of hydrogen-bond acceptors (Lipinski definition) is 4. The molecule has 3 aromatic carbocycles. The highest BCUT2D eigenvalue weighted by atomic mass is 79.9. The van der Waals surface area contributed by atoms with E-state index in [1.54, 1.807) is 36.4 Å². The number of anilines is 1. The number of aryl methyl sites for hydroxylation is 2. The van der Waals surface area contributed by atoms with Crippen LogP contribution in [0.3, 0.4) is 0 Å². The molecule has 0 spiro atoms. The van der Waals surface area contributed by atoms with Gasteiger partial charge in [0.25, 0.3) is 17.7 Å². The van der Waals surface area contributed by atoms with Crippen molar-refractivity contribution in [3.8, 4) is 5.75 Å². The minimum absolute atomic E-state index is 0.240. The van der Waals surface area contributed by atoms with Crippen LogP contribution in [-0.4, -0.2) is 24.3 Å². The summed E-state index contributed by atoms with van der Waals surface area (Å²) in [7, 11) is 0. The molecule has 0 saturated carbocycles. The van der Waals surface area contributed by atoms with Gasteiger partial charge in [0.2, 0.25) is 0 Å². The molecule has 0 aliphatic carbocycles. The van der Waals surface area contributed by atoms with E-state index in [2.05, 4.69) is 48.0 Å². The Labute approximate surface area is 208 Å². The summed E-state index contributed by atoms with van der Waals surface area (Å²) in [5, 5.41) is 2.78. The summed E-state index contributed by atoms with van der Waals surface area (Å²) in [4.78, 5) is 36.7. The van der Waals surface area contributed by atoms with E-state index in [0.717, 1.165) is 15.6 Å². The molecule has 3 amide bonds. The second-order valence-corrected chi connectivity index (χ2v) is 9.00. The molecule has 0 aliphatic heterocycles. The van der Waals surface area contributed by atoms with Crippen LogP contribution in [0.25, 0.3) is 0 Å². The molecule has 3 N–H and O–H groups in total. The fraction of sp³-hybridized carbons (Fsp3) is 0.125. The minimum Gasteiger partial charge on any atom is -0.482 e. The highest BCUT2D eigenvalue weighted by Crippen LogP contribution is 2.32. The molecule has 3 aromatic rings. The molecule has 33 heavy (non-hydrogen) atoms. The summed E-state index contributed by atoms with van der Waals surface area (Å²) in [6.07, 6.45) is 0. The first-order chi connectivity index (χ1) is 15.7. The number of ether oxygens (including phenoxy) is 1. The zero-order chi connectivity index (χ0) is 24.0. The Morgan fingerprint density at radius 3 is 2.24 bits per heavy atom. The van der Waals surface area contributed by atoms with E-state index >= 15 is 0 Å². The van der Waals surface area contributed by atoms with Gasteiger partial charge in [-0.1, -0.05) is 33.6 Å². The van der Waals surface area contributed by atoms with E-state index in [1.165, 1.54) is 0 Å². The lowest BCUT2D eigenvalue weighted by molar-refractivity contribution is -0.123. The van der Waals surface area contributed by atoms with Crippen molar-refractivity contribution in [1.82, 2.24) is 10.9 Å². The number of rotatable bonds is 6. The molecule has 3 rings (SSSR count). The van der Waals surface area contributed by atoms with Crippen LogP contribution in [0.2, 0.25) is 0 Å². The Morgan fingerprint density at radius 1 is 0.848 bits per heavy atom. The van der Waals surface area contributed by atoms with Gasteiger partial charge in [-0.05, 0) is 83.9 Å². The molecule has 0 unspecified atom stereocenters. The monoisotopic (exact) mass is 573 g/mol. The Bertz CT molecular complexity index is 1170. The zero-order valence-corrected chi connectivity index (χ0v) is 21.0. The number of nitrogens with one attached hydrogen (secondary N) is 3. The SMILES string of the molecule is Cc1cccc(C(=O)Nc2ccc(C(=O)NNC(=O)COc3c(C)cc(Br)cc3Br)cc2)c1. The van der Waals surface area contributed by atoms with Crippen LogP contribution in [0.1, 0.15) is 31.8 Å². The summed E-state index contributed by atoms with van der Waals surface area (Å²) >= 11 is 6.78. The third kappa shape index (κ3) is 6.90. The molecule has 0 bridgehead atoms. The number of hydrogen-bond donors (Lipinski definition) is 3. The van der Waals surface area contributed by atoms with Crippen molar-refractivity contribution in [2.75, 3.05) is 11.9 Å². The Kier molecular flexibility index (Phi) is 8.24. The Hall–Kier alpha value is -3.17. The topological polar surface area (TPSA) is 96.5 Å². The molecule has 7 nitrogen and oxygen atoms in total. The normalized spacial score (nSPS) is 10.3. The predicted octanol–water partition coefficient (Wildman–Crippen LogP) is 4.92. The van der Waals surface area contributed by atoms with E-state index in [0.29, 0.717) is 27.0 Å². The maximum atomic E-state index is 12.3. The third-order valence-corrected chi connectivity index (χ3v) is 5.59. The van der Waals surface area contributed by atoms with Crippen molar-refractivity contribution in [3.05, 3.63) is 91.9 Å². The van der Waals surface area contributed by atoms with E-state index in [1.807, 2.05) is 38.1 Å². The van der Waals surface area contributed by atoms with E-state index in [9.17, 15) is 14.4 Å². The first kappa shape index (κ1) is 24.5. The van der Waals surface area contributed by atoms with Gasteiger partial charge in [0.05, 0.1) is 4.47 Å². The van der Waals surface area contributed by atoms with Gasteiger partial charge in [-0.2, -0.15) is 0 Å². The second kappa shape index (κ2) is 11.1. The van der Waals surface area contributed by atoms with E-state index < -0.39 is 11.8 Å². The van der Waals surface area contributed by atoms with Gasteiger partial charge in [-0.15, -0.1) is 0 Å². The van der Waals surface area contributed by atoms with Crippen molar-refractivity contribution in [1.29, 1.82) is 0 Å². The number of carbonyl (C=O) groups is 3. The highest BCUT2D eigenvalue weighted by Gasteiger charge is 2.12. The van der Waals surface area contributed by atoms with Gasteiger partial charge in [-0.25, -0.2) is 0 Å². The molecule has 0 aliphatic rings. The first-order valence-electron chi connectivity index (χ1n) is 9.88. The number of amides is 3.